The molecule has 2 aromatic rings. The van der Waals surface area contributed by atoms with Gasteiger partial charge in [-0.25, -0.2) is 17.9 Å². The molecule has 0 aliphatic heterocycles. The minimum atomic E-state index is -3.66. The maximum absolute atomic E-state index is 12.9. The molecule has 0 unspecified atom stereocenters. The Morgan fingerprint density at radius 3 is 2.14 bits per heavy atom. The molecule has 0 aliphatic carbocycles. The lowest BCUT2D eigenvalue weighted by molar-refractivity contribution is 0.597. The first kappa shape index (κ1) is 24.3. The standard InChI is InChI=1S/C19H25FN4O2S.HI/c1-2-22-19(23-13-11-15-3-7-17(20)8-4-15)24-14-12-16-5-9-18(10-6-16)27(21,25)26;/h3-10H,2,11-14H2,1H3,(H2,21,25,26)(H2,22,23,24);1H. The Balaban J connectivity index is 0.00000392. The van der Waals surface area contributed by atoms with Gasteiger partial charge in [-0.2, -0.15) is 0 Å². The van der Waals surface area contributed by atoms with E-state index in [4.69, 9.17) is 5.14 Å². The van der Waals surface area contributed by atoms with Crippen molar-refractivity contribution in [3.63, 3.8) is 0 Å². The van der Waals surface area contributed by atoms with Crippen molar-refractivity contribution >= 4 is 40.0 Å². The summed E-state index contributed by atoms with van der Waals surface area (Å²) in [5.74, 6) is 0.468. The molecule has 0 saturated carbocycles. The second-order valence-corrected chi connectivity index (χ2v) is 7.56. The van der Waals surface area contributed by atoms with Gasteiger partial charge < -0.3 is 10.6 Å². The van der Waals surface area contributed by atoms with Gasteiger partial charge in [-0.1, -0.05) is 24.3 Å². The average molecular weight is 520 g/mol. The normalized spacial score (nSPS) is 11.6. The number of aliphatic imine (C=N–C) groups is 1. The molecular formula is C19H26FIN4O2S. The smallest absolute Gasteiger partial charge is 0.238 e. The van der Waals surface area contributed by atoms with Crippen LogP contribution in [0.3, 0.4) is 0 Å². The van der Waals surface area contributed by atoms with Crippen LogP contribution in [0.5, 0.6) is 0 Å². The zero-order valence-corrected chi connectivity index (χ0v) is 18.8. The molecule has 9 heteroatoms. The summed E-state index contributed by atoms with van der Waals surface area (Å²) in [6.45, 7) is 3.97. The number of nitrogens with zero attached hydrogens (tertiary/aromatic N) is 1. The lowest BCUT2D eigenvalue weighted by atomic mass is 10.1. The van der Waals surface area contributed by atoms with Crippen LogP contribution in [0.4, 0.5) is 4.39 Å². The molecule has 2 aromatic carbocycles. The molecule has 0 amide bonds. The zero-order chi connectivity index (χ0) is 19.7. The fourth-order valence-corrected chi connectivity index (χ4v) is 2.98. The van der Waals surface area contributed by atoms with E-state index in [9.17, 15) is 12.8 Å². The highest BCUT2D eigenvalue weighted by molar-refractivity contribution is 14.0. The van der Waals surface area contributed by atoms with E-state index in [1.807, 2.05) is 6.92 Å². The third kappa shape index (κ3) is 8.53. The fourth-order valence-electron chi connectivity index (χ4n) is 2.46. The van der Waals surface area contributed by atoms with E-state index in [1.54, 1.807) is 24.3 Å². The third-order valence-electron chi connectivity index (χ3n) is 3.89. The van der Waals surface area contributed by atoms with Gasteiger partial charge in [0.1, 0.15) is 5.82 Å². The van der Waals surface area contributed by atoms with Crippen LogP contribution in [0.1, 0.15) is 18.1 Å². The molecule has 0 spiro atoms. The molecule has 0 heterocycles. The molecule has 6 nitrogen and oxygen atoms in total. The predicted molar refractivity (Wildman–Crippen MR) is 121 cm³/mol. The van der Waals surface area contributed by atoms with Crippen LogP contribution < -0.4 is 15.8 Å². The molecule has 0 aliphatic rings. The van der Waals surface area contributed by atoms with Crippen LogP contribution in [0.2, 0.25) is 0 Å². The predicted octanol–water partition coefficient (Wildman–Crippen LogP) is 2.43. The lowest BCUT2D eigenvalue weighted by Gasteiger charge is -2.11. The number of benzene rings is 2. The summed E-state index contributed by atoms with van der Waals surface area (Å²) in [6.07, 6.45) is 1.44. The molecular weight excluding hydrogens is 494 g/mol. The van der Waals surface area contributed by atoms with Crippen molar-refractivity contribution in [1.29, 1.82) is 0 Å². The Kier molecular flexibility index (Phi) is 10.4. The van der Waals surface area contributed by atoms with Gasteiger partial charge in [-0.3, -0.25) is 4.99 Å². The van der Waals surface area contributed by atoms with Crippen molar-refractivity contribution in [2.75, 3.05) is 19.6 Å². The molecule has 4 N–H and O–H groups in total. The molecule has 0 saturated heterocycles. The third-order valence-corrected chi connectivity index (χ3v) is 4.82. The number of sulfonamides is 1. The molecule has 0 radical (unpaired) electrons. The molecule has 0 bridgehead atoms. The Bertz CT molecular complexity index is 857. The Morgan fingerprint density at radius 1 is 1.00 bits per heavy atom. The number of nitrogens with one attached hydrogen (secondary N) is 2. The first-order valence-corrected chi connectivity index (χ1v) is 10.3. The molecule has 2 rings (SSSR count). The van der Waals surface area contributed by atoms with Gasteiger partial charge in [0.25, 0.3) is 0 Å². The average Bonchev–Trinajstić information content (AvgIpc) is 2.63. The van der Waals surface area contributed by atoms with Crippen molar-refractivity contribution in [3.05, 3.63) is 65.5 Å². The van der Waals surface area contributed by atoms with Gasteiger partial charge in [-0.05, 0) is 55.2 Å². The van der Waals surface area contributed by atoms with Gasteiger partial charge in [0.2, 0.25) is 10.0 Å². The molecule has 154 valence electrons. The van der Waals surface area contributed by atoms with Gasteiger partial charge in [0.05, 0.1) is 4.90 Å². The summed E-state index contributed by atoms with van der Waals surface area (Å²) in [7, 11) is -3.66. The summed E-state index contributed by atoms with van der Waals surface area (Å²) in [5.41, 5.74) is 2.03. The fraction of sp³-hybridized carbons (Fsp3) is 0.316. The molecule has 0 aromatic heterocycles. The van der Waals surface area contributed by atoms with Crippen molar-refractivity contribution in [2.45, 2.75) is 24.7 Å². The number of halogens is 2. The van der Waals surface area contributed by atoms with E-state index in [0.717, 1.165) is 24.1 Å². The van der Waals surface area contributed by atoms with Crippen LogP contribution in [0, 0.1) is 5.82 Å². The van der Waals surface area contributed by atoms with Gasteiger partial charge >= 0.3 is 0 Å². The summed E-state index contributed by atoms with van der Waals surface area (Å²) in [4.78, 5) is 4.62. The van der Waals surface area contributed by atoms with E-state index in [2.05, 4.69) is 15.6 Å². The Morgan fingerprint density at radius 2 is 1.57 bits per heavy atom. The second kappa shape index (κ2) is 12.0. The molecule has 0 fully saturated rings. The maximum Gasteiger partial charge on any atom is 0.238 e. The van der Waals surface area contributed by atoms with Crippen molar-refractivity contribution < 1.29 is 12.8 Å². The highest BCUT2D eigenvalue weighted by Gasteiger charge is 2.06. The van der Waals surface area contributed by atoms with E-state index in [-0.39, 0.29) is 34.7 Å². The number of hydrogen-bond donors (Lipinski definition) is 3. The van der Waals surface area contributed by atoms with E-state index in [0.29, 0.717) is 25.5 Å². The van der Waals surface area contributed by atoms with E-state index >= 15 is 0 Å². The lowest BCUT2D eigenvalue weighted by Crippen LogP contribution is -2.38. The maximum atomic E-state index is 12.9. The quantitative estimate of drug-likeness (QED) is 0.283. The zero-order valence-electron chi connectivity index (χ0n) is 15.7. The van der Waals surface area contributed by atoms with Crippen LogP contribution in [-0.4, -0.2) is 34.0 Å². The monoisotopic (exact) mass is 520 g/mol. The van der Waals surface area contributed by atoms with Gasteiger partial charge in [0, 0.05) is 19.6 Å². The summed E-state index contributed by atoms with van der Waals surface area (Å²) >= 11 is 0. The van der Waals surface area contributed by atoms with E-state index in [1.165, 1.54) is 24.3 Å². The van der Waals surface area contributed by atoms with Crippen molar-refractivity contribution in [3.8, 4) is 0 Å². The minimum Gasteiger partial charge on any atom is -0.357 e. The highest BCUT2D eigenvalue weighted by Crippen LogP contribution is 2.09. The first-order chi connectivity index (χ1) is 12.9. The second-order valence-electron chi connectivity index (χ2n) is 6.00. The SMILES string of the molecule is CCNC(=NCCc1ccc(F)cc1)NCCc1ccc(S(N)(=O)=O)cc1.I. The van der Waals surface area contributed by atoms with Gasteiger partial charge in [-0.15, -0.1) is 24.0 Å². The Labute approximate surface area is 182 Å². The summed E-state index contributed by atoms with van der Waals surface area (Å²) in [5, 5.41) is 11.5. The molecule has 28 heavy (non-hydrogen) atoms. The number of guanidine groups is 1. The largest absolute Gasteiger partial charge is 0.357 e. The van der Waals surface area contributed by atoms with Crippen LogP contribution in [0.15, 0.2) is 58.4 Å². The molecule has 0 atom stereocenters. The first-order valence-electron chi connectivity index (χ1n) is 8.77. The number of hydrogen-bond acceptors (Lipinski definition) is 3. The summed E-state index contributed by atoms with van der Waals surface area (Å²) in [6, 6.07) is 12.9. The van der Waals surface area contributed by atoms with Crippen LogP contribution in [0.25, 0.3) is 0 Å². The highest BCUT2D eigenvalue weighted by atomic mass is 127. The van der Waals surface area contributed by atoms with Crippen LogP contribution >= 0.6 is 24.0 Å². The minimum absolute atomic E-state index is 0. The summed E-state index contributed by atoms with van der Waals surface area (Å²) < 4.78 is 35.4. The van der Waals surface area contributed by atoms with Crippen LogP contribution in [-0.2, 0) is 22.9 Å². The van der Waals surface area contributed by atoms with Gasteiger partial charge in [0.15, 0.2) is 5.96 Å². The number of nitrogens with two attached hydrogens (primary N) is 1. The van der Waals surface area contributed by atoms with Crippen molar-refractivity contribution in [1.82, 2.24) is 10.6 Å². The Hall–Kier alpha value is -1.72. The number of primary sulfonamides is 1. The van der Waals surface area contributed by atoms with E-state index < -0.39 is 10.0 Å². The topological polar surface area (TPSA) is 96.6 Å². The number of rotatable bonds is 8. The van der Waals surface area contributed by atoms with Crippen molar-refractivity contribution in [2.24, 2.45) is 10.1 Å².